The lowest BCUT2D eigenvalue weighted by Crippen LogP contribution is -2.08. The van der Waals surface area contributed by atoms with E-state index in [0.717, 1.165) is 6.54 Å². The highest BCUT2D eigenvalue weighted by Crippen LogP contribution is 2.12. The van der Waals surface area contributed by atoms with Crippen molar-refractivity contribution in [2.75, 3.05) is 22.9 Å². The molecular formula is C10H16N8. The van der Waals surface area contributed by atoms with Gasteiger partial charge in [0.15, 0.2) is 5.82 Å². The van der Waals surface area contributed by atoms with Crippen molar-refractivity contribution in [3.05, 3.63) is 18.2 Å². The van der Waals surface area contributed by atoms with Crippen molar-refractivity contribution >= 4 is 17.6 Å². The van der Waals surface area contributed by atoms with Crippen molar-refractivity contribution in [3.63, 3.8) is 0 Å². The molecule has 0 saturated carbocycles. The molecular weight excluding hydrogens is 232 g/mol. The van der Waals surface area contributed by atoms with Crippen LogP contribution in [0.25, 0.3) is 0 Å². The highest BCUT2D eigenvalue weighted by molar-refractivity contribution is 5.50. The highest BCUT2D eigenvalue weighted by atomic mass is 15.3. The molecule has 4 N–H and O–H groups in total. The molecule has 0 aliphatic heterocycles. The average Bonchev–Trinajstić information content (AvgIpc) is 2.72. The van der Waals surface area contributed by atoms with Crippen LogP contribution in [0.3, 0.4) is 0 Å². The van der Waals surface area contributed by atoms with E-state index in [2.05, 4.69) is 30.7 Å². The Balaban J connectivity index is 2.04. The molecule has 0 saturated heterocycles. The van der Waals surface area contributed by atoms with Crippen LogP contribution in [0.5, 0.6) is 0 Å². The van der Waals surface area contributed by atoms with Gasteiger partial charge >= 0.3 is 0 Å². The summed E-state index contributed by atoms with van der Waals surface area (Å²) in [4.78, 5) is 12.3. The van der Waals surface area contributed by atoms with Crippen LogP contribution < -0.4 is 16.4 Å². The molecule has 8 heteroatoms. The van der Waals surface area contributed by atoms with Gasteiger partial charge in [0.1, 0.15) is 18.0 Å². The number of nitrogens with one attached hydrogen (secondary N) is 2. The van der Waals surface area contributed by atoms with Crippen LogP contribution in [0.1, 0.15) is 12.7 Å². The number of hydrogen-bond acceptors (Lipinski definition) is 7. The number of nitrogens with zero attached hydrogens (tertiary/aromatic N) is 5. The van der Waals surface area contributed by atoms with E-state index in [4.69, 9.17) is 5.73 Å². The van der Waals surface area contributed by atoms with Gasteiger partial charge in [0.25, 0.3) is 0 Å². The number of nitrogens with two attached hydrogens (primary N) is 1. The first kappa shape index (κ1) is 12.1. The second kappa shape index (κ2) is 5.30. The first-order valence-electron chi connectivity index (χ1n) is 5.64. The Morgan fingerprint density at radius 2 is 2.00 bits per heavy atom. The standard InChI is InChI=1S/C10H16N8/c1-3-12-7-4-8(16-10(11)15-7)13-5-9-14-6-18(2)17-9/h4,6H,3,5H2,1-2H3,(H4,11,12,13,15,16). The third-order valence-corrected chi connectivity index (χ3v) is 2.18. The van der Waals surface area contributed by atoms with Crippen LogP contribution >= 0.6 is 0 Å². The van der Waals surface area contributed by atoms with E-state index >= 15 is 0 Å². The van der Waals surface area contributed by atoms with E-state index in [-0.39, 0.29) is 5.95 Å². The van der Waals surface area contributed by atoms with Crippen molar-refractivity contribution in [2.45, 2.75) is 13.5 Å². The van der Waals surface area contributed by atoms with Crippen molar-refractivity contribution in [1.29, 1.82) is 0 Å². The van der Waals surface area contributed by atoms with Crippen LogP contribution in [-0.2, 0) is 13.6 Å². The summed E-state index contributed by atoms with van der Waals surface area (Å²) in [6.07, 6.45) is 1.65. The second-order valence-electron chi connectivity index (χ2n) is 3.71. The Hall–Kier alpha value is -2.38. The lowest BCUT2D eigenvalue weighted by atomic mass is 10.5. The fourth-order valence-corrected chi connectivity index (χ4v) is 1.46. The molecule has 0 aromatic carbocycles. The molecule has 2 heterocycles. The summed E-state index contributed by atoms with van der Waals surface area (Å²) in [5.74, 6) is 2.26. The van der Waals surface area contributed by atoms with Gasteiger partial charge in [0.2, 0.25) is 5.95 Å². The molecule has 0 spiro atoms. The molecule has 96 valence electrons. The van der Waals surface area contributed by atoms with Crippen LogP contribution in [0.4, 0.5) is 17.6 Å². The van der Waals surface area contributed by atoms with E-state index in [1.54, 1.807) is 17.1 Å². The summed E-state index contributed by atoms with van der Waals surface area (Å²) >= 11 is 0. The van der Waals surface area contributed by atoms with E-state index in [1.807, 2.05) is 14.0 Å². The molecule has 2 aromatic rings. The first-order valence-corrected chi connectivity index (χ1v) is 5.64. The highest BCUT2D eigenvalue weighted by Gasteiger charge is 2.03. The zero-order valence-electron chi connectivity index (χ0n) is 10.4. The maximum absolute atomic E-state index is 5.63. The van der Waals surface area contributed by atoms with Gasteiger partial charge in [0.05, 0.1) is 6.54 Å². The van der Waals surface area contributed by atoms with Crippen LogP contribution in [0.2, 0.25) is 0 Å². The Labute approximate surface area is 105 Å². The van der Waals surface area contributed by atoms with Crippen molar-refractivity contribution < 1.29 is 0 Å². The van der Waals surface area contributed by atoms with Gasteiger partial charge < -0.3 is 16.4 Å². The molecule has 18 heavy (non-hydrogen) atoms. The van der Waals surface area contributed by atoms with Gasteiger partial charge in [-0.05, 0) is 6.92 Å². The minimum absolute atomic E-state index is 0.227. The fourth-order valence-electron chi connectivity index (χ4n) is 1.46. The zero-order chi connectivity index (χ0) is 13.0. The SMILES string of the molecule is CCNc1cc(NCc2ncn(C)n2)nc(N)n1. The summed E-state index contributed by atoms with van der Waals surface area (Å²) in [6, 6.07) is 1.79. The zero-order valence-corrected chi connectivity index (χ0v) is 10.4. The lowest BCUT2D eigenvalue weighted by Gasteiger charge is -2.07. The Morgan fingerprint density at radius 3 is 2.61 bits per heavy atom. The third-order valence-electron chi connectivity index (χ3n) is 2.18. The van der Waals surface area contributed by atoms with Crippen LogP contribution in [0, 0.1) is 0 Å². The molecule has 2 rings (SSSR count). The van der Waals surface area contributed by atoms with E-state index in [9.17, 15) is 0 Å². The molecule has 0 bridgehead atoms. The number of aromatic nitrogens is 5. The van der Waals surface area contributed by atoms with Gasteiger partial charge in [-0.2, -0.15) is 15.1 Å². The van der Waals surface area contributed by atoms with Crippen LogP contribution in [-0.4, -0.2) is 31.3 Å². The van der Waals surface area contributed by atoms with Gasteiger partial charge in [-0.25, -0.2) is 4.98 Å². The molecule has 0 fully saturated rings. The molecule has 0 amide bonds. The normalized spacial score (nSPS) is 10.3. The van der Waals surface area contributed by atoms with Crippen LogP contribution in [0.15, 0.2) is 12.4 Å². The summed E-state index contributed by atoms with van der Waals surface area (Å²) in [5.41, 5.74) is 5.63. The Kier molecular flexibility index (Phi) is 3.56. The van der Waals surface area contributed by atoms with Crippen molar-refractivity contribution in [3.8, 4) is 0 Å². The topological polar surface area (TPSA) is 107 Å². The predicted molar refractivity (Wildman–Crippen MR) is 68.9 cm³/mol. The number of rotatable bonds is 5. The maximum Gasteiger partial charge on any atom is 0.223 e. The largest absolute Gasteiger partial charge is 0.370 e. The van der Waals surface area contributed by atoms with Crippen molar-refractivity contribution in [2.24, 2.45) is 7.05 Å². The Morgan fingerprint density at radius 1 is 1.28 bits per heavy atom. The predicted octanol–water partition coefficient (Wildman–Crippen LogP) is 0.231. The molecule has 2 aromatic heterocycles. The summed E-state index contributed by atoms with van der Waals surface area (Å²) in [6.45, 7) is 3.25. The summed E-state index contributed by atoms with van der Waals surface area (Å²) < 4.78 is 1.65. The fraction of sp³-hybridized carbons (Fsp3) is 0.400. The van der Waals surface area contributed by atoms with E-state index in [1.165, 1.54) is 0 Å². The minimum atomic E-state index is 0.227. The number of hydrogen-bond donors (Lipinski definition) is 3. The molecule has 0 radical (unpaired) electrons. The van der Waals surface area contributed by atoms with Gasteiger partial charge in [-0.3, -0.25) is 4.68 Å². The van der Waals surface area contributed by atoms with E-state index in [0.29, 0.717) is 24.0 Å². The smallest absolute Gasteiger partial charge is 0.223 e. The monoisotopic (exact) mass is 248 g/mol. The first-order chi connectivity index (χ1) is 8.67. The average molecular weight is 248 g/mol. The van der Waals surface area contributed by atoms with Gasteiger partial charge in [0, 0.05) is 19.7 Å². The molecule has 0 aliphatic carbocycles. The minimum Gasteiger partial charge on any atom is -0.370 e. The maximum atomic E-state index is 5.63. The lowest BCUT2D eigenvalue weighted by molar-refractivity contribution is 0.747. The van der Waals surface area contributed by atoms with Gasteiger partial charge in [-0.15, -0.1) is 0 Å². The quantitative estimate of drug-likeness (QED) is 0.695. The second-order valence-corrected chi connectivity index (χ2v) is 3.71. The molecule has 0 aliphatic rings. The number of nitrogen functional groups attached to an aromatic ring is 1. The number of anilines is 3. The Bertz CT molecular complexity index is 520. The molecule has 8 nitrogen and oxygen atoms in total. The van der Waals surface area contributed by atoms with E-state index < -0.39 is 0 Å². The molecule has 0 atom stereocenters. The van der Waals surface area contributed by atoms with Crippen molar-refractivity contribution in [1.82, 2.24) is 24.7 Å². The number of aryl methyl sites for hydroxylation is 1. The molecule has 0 unspecified atom stereocenters. The third kappa shape index (κ3) is 3.06. The summed E-state index contributed by atoms with van der Waals surface area (Å²) in [7, 11) is 1.82. The van der Waals surface area contributed by atoms with Gasteiger partial charge in [-0.1, -0.05) is 0 Å². The summed E-state index contributed by atoms with van der Waals surface area (Å²) in [5, 5.41) is 10.3.